The number of benzene rings is 1. The van der Waals surface area contributed by atoms with Crippen molar-refractivity contribution in [2.24, 2.45) is 0 Å². The van der Waals surface area contributed by atoms with Gasteiger partial charge in [-0.1, -0.05) is 6.07 Å². The van der Waals surface area contributed by atoms with Gasteiger partial charge in [-0.15, -0.1) is 0 Å². The molecule has 0 radical (unpaired) electrons. The fourth-order valence-corrected chi connectivity index (χ4v) is 1.17. The van der Waals surface area contributed by atoms with Crippen LogP contribution in [0, 0.1) is 0 Å². The predicted molar refractivity (Wildman–Crippen MR) is 73.5 cm³/mol. The molecule has 1 aromatic carbocycles. The van der Waals surface area contributed by atoms with Gasteiger partial charge < -0.3 is 19.7 Å². The van der Waals surface area contributed by atoms with Gasteiger partial charge in [0, 0.05) is 19.3 Å². The van der Waals surface area contributed by atoms with Gasteiger partial charge in [-0.2, -0.15) is 0 Å². The van der Waals surface area contributed by atoms with Crippen molar-refractivity contribution in [3.63, 3.8) is 0 Å². The molecule has 0 amide bonds. The first-order chi connectivity index (χ1) is 9.04. The molecule has 0 saturated heterocycles. The van der Waals surface area contributed by atoms with Crippen LogP contribution in [0.3, 0.4) is 0 Å². The van der Waals surface area contributed by atoms with Gasteiger partial charge in [0.25, 0.3) is 0 Å². The zero-order chi connectivity index (χ0) is 14.7. The molecule has 0 aliphatic carbocycles. The lowest BCUT2D eigenvalue weighted by Gasteiger charge is -2.03. The maximum Gasteiger partial charge on any atom is 0.328 e. The smallest absolute Gasteiger partial charge is 0.328 e. The standard InChI is InChI=1S/C10H10O4.C4H10O/c1-14-9-6-7(2-4-8(9)11)3-5-10(12)13;1-3-5-4-2/h2-6,11H,1H3,(H,12,13);3-4H2,1-2H3/b5-3+;. The number of hydrogen-bond acceptors (Lipinski definition) is 4. The van der Waals surface area contributed by atoms with E-state index in [-0.39, 0.29) is 5.75 Å². The first-order valence-electron chi connectivity index (χ1n) is 5.90. The summed E-state index contributed by atoms with van der Waals surface area (Å²) in [5, 5.41) is 17.6. The van der Waals surface area contributed by atoms with E-state index in [2.05, 4.69) is 0 Å². The van der Waals surface area contributed by atoms with Crippen molar-refractivity contribution in [2.45, 2.75) is 13.8 Å². The summed E-state index contributed by atoms with van der Waals surface area (Å²) in [6.45, 7) is 5.67. The van der Waals surface area contributed by atoms with E-state index >= 15 is 0 Å². The van der Waals surface area contributed by atoms with Crippen LogP contribution in [0.5, 0.6) is 11.5 Å². The molecule has 2 N–H and O–H groups in total. The molecule has 0 heterocycles. The molecule has 0 fully saturated rings. The second-order valence-corrected chi connectivity index (χ2v) is 3.38. The van der Waals surface area contributed by atoms with Crippen LogP contribution in [-0.2, 0) is 9.53 Å². The SMILES string of the molecule is CCOCC.COc1cc(/C=C/C(=O)O)ccc1O. The number of methoxy groups -OCH3 is 1. The number of carboxylic acid groups (broad SMARTS) is 1. The van der Waals surface area contributed by atoms with E-state index in [1.807, 2.05) is 13.8 Å². The van der Waals surface area contributed by atoms with E-state index in [9.17, 15) is 9.90 Å². The second kappa shape index (κ2) is 9.96. The quantitative estimate of drug-likeness (QED) is 0.802. The minimum absolute atomic E-state index is 0.0278. The Balaban J connectivity index is 0.000000555. The molecule has 19 heavy (non-hydrogen) atoms. The molecule has 5 heteroatoms. The second-order valence-electron chi connectivity index (χ2n) is 3.38. The average Bonchev–Trinajstić information content (AvgIpc) is 2.39. The van der Waals surface area contributed by atoms with Crippen LogP contribution >= 0.6 is 0 Å². The summed E-state index contributed by atoms with van der Waals surface area (Å²) in [6.07, 6.45) is 2.44. The third kappa shape index (κ3) is 7.83. The van der Waals surface area contributed by atoms with Crippen molar-refractivity contribution in [3.8, 4) is 11.5 Å². The molecular formula is C14H20O5. The Morgan fingerprint density at radius 2 is 1.95 bits per heavy atom. The number of phenols is 1. The fourth-order valence-electron chi connectivity index (χ4n) is 1.17. The van der Waals surface area contributed by atoms with Crippen LogP contribution in [0.25, 0.3) is 6.08 Å². The highest BCUT2D eigenvalue weighted by Crippen LogP contribution is 2.26. The molecule has 1 aromatic rings. The summed E-state index contributed by atoms with van der Waals surface area (Å²) >= 11 is 0. The number of aromatic hydroxyl groups is 1. The molecule has 106 valence electrons. The summed E-state index contributed by atoms with van der Waals surface area (Å²) < 4.78 is 9.69. The molecule has 0 aliphatic rings. The van der Waals surface area contributed by atoms with Crippen molar-refractivity contribution in [3.05, 3.63) is 29.8 Å². The zero-order valence-electron chi connectivity index (χ0n) is 11.4. The van der Waals surface area contributed by atoms with E-state index in [0.717, 1.165) is 19.3 Å². The number of phenolic OH excluding ortho intramolecular Hbond substituents is 1. The molecule has 0 aromatic heterocycles. The highest BCUT2D eigenvalue weighted by Gasteiger charge is 2.00. The number of carboxylic acids is 1. The van der Waals surface area contributed by atoms with Gasteiger partial charge in [0.2, 0.25) is 0 Å². The van der Waals surface area contributed by atoms with Crippen LogP contribution < -0.4 is 4.74 Å². The molecule has 0 spiro atoms. The molecule has 0 aliphatic heterocycles. The summed E-state index contributed by atoms with van der Waals surface area (Å²) in [7, 11) is 1.43. The van der Waals surface area contributed by atoms with Crippen molar-refractivity contribution in [1.29, 1.82) is 0 Å². The molecule has 5 nitrogen and oxygen atoms in total. The molecule has 0 unspecified atom stereocenters. The summed E-state index contributed by atoms with van der Waals surface area (Å²) in [5.41, 5.74) is 0.655. The van der Waals surface area contributed by atoms with Gasteiger partial charge in [0.05, 0.1) is 7.11 Å². The maximum atomic E-state index is 10.2. The van der Waals surface area contributed by atoms with Crippen molar-refractivity contribution in [2.75, 3.05) is 20.3 Å². The van der Waals surface area contributed by atoms with Gasteiger partial charge in [-0.05, 0) is 37.6 Å². The molecule has 0 saturated carbocycles. The summed E-state index contributed by atoms with van der Waals surface area (Å²) in [6, 6.07) is 4.59. The Morgan fingerprint density at radius 3 is 2.37 bits per heavy atom. The van der Waals surface area contributed by atoms with Gasteiger partial charge in [-0.25, -0.2) is 4.79 Å². The number of aliphatic carboxylic acids is 1. The number of ether oxygens (including phenoxy) is 2. The van der Waals surface area contributed by atoms with Crippen molar-refractivity contribution in [1.82, 2.24) is 0 Å². The molecular weight excluding hydrogens is 248 g/mol. The highest BCUT2D eigenvalue weighted by atomic mass is 16.5. The van der Waals surface area contributed by atoms with Crippen molar-refractivity contribution >= 4 is 12.0 Å². The Hall–Kier alpha value is -2.01. The number of hydrogen-bond donors (Lipinski definition) is 2. The van der Waals surface area contributed by atoms with Gasteiger partial charge in [0.1, 0.15) is 0 Å². The Labute approximate surface area is 113 Å². The first-order valence-corrected chi connectivity index (χ1v) is 5.90. The van der Waals surface area contributed by atoms with Gasteiger partial charge in [0.15, 0.2) is 11.5 Å². The van der Waals surface area contributed by atoms with E-state index < -0.39 is 5.97 Å². The Morgan fingerprint density at radius 1 is 1.32 bits per heavy atom. The lowest BCUT2D eigenvalue weighted by Crippen LogP contribution is -1.87. The van der Waals surface area contributed by atoms with Crippen LogP contribution in [0.2, 0.25) is 0 Å². The third-order valence-corrected chi connectivity index (χ3v) is 2.03. The van der Waals surface area contributed by atoms with Crippen LogP contribution in [-0.4, -0.2) is 36.5 Å². The highest BCUT2D eigenvalue weighted by molar-refractivity contribution is 5.85. The maximum absolute atomic E-state index is 10.2. The largest absolute Gasteiger partial charge is 0.504 e. The van der Waals surface area contributed by atoms with Gasteiger partial charge in [-0.3, -0.25) is 0 Å². The first kappa shape index (κ1) is 17.0. The summed E-state index contributed by atoms with van der Waals surface area (Å²) in [4.78, 5) is 10.2. The third-order valence-electron chi connectivity index (χ3n) is 2.03. The monoisotopic (exact) mass is 268 g/mol. The number of carbonyl (C=O) groups is 1. The van der Waals surface area contributed by atoms with E-state index in [1.165, 1.54) is 19.3 Å². The van der Waals surface area contributed by atoms with Crippen LogP contribution in [0.1, 0.15) is 19.4 Å². The zero-order valence-corrected chi connectivity index (χ0v) is 11.4. The minimum atomic E-state index is -1.02. The van der Waals surface area contributed by atoms with E-state index in [4.69, 9.17) is 14.6 Å². The van der Waals surface area contributed by atoms with Gasteiger partial charge >= 0.3 is 5.97 Å². The molecule has 0 atom stereocenters. The molecule has 1 rings (SSSR count). The Kier molecular flexibility index (Phi) is 8.91. The lowest BCUT2D eigenvalue weighted by molar-refractivity contribution is -0.131. The lowest BCUT2D eigenvalue weighted by atomic mass is 10.2. The van der Waals surface area contributed by atoms with E-state index in [1.54, 1.807) is 12.1 Å². The normalized spacial score (nSPS) is 9.84. The Bertz CT molecular complexity index is 410. The molecule has 0 bridgehead atoms. The van der Waals surface area contributed by atoms with E-state index in [0.29, 0.717) is 11.3 Å². The van der Waals surface area contributed by atoms with Crippen LogP contribution in [0.4, 0.5) is 0 Å². The topological polar surface area (TPSA) is 76.0 Å². The van der Waals surface area contributed by atoms with Crippen molar-refractivity contribution < 1.29 is 24.5 Å². The minimum Gasteiger partial charge on any atom is -0.504 e. The fraction of sp³-hybridized carbons (Fsp3) is 0.357. The number of rotatable bonds is 5. The predicted octanol–water partition coefficient (Wildman–Crippen LogP) is 2.54. The summed E-state index contributed by atoms with van der Waals surface area (Å²) in [5.74, 6) is -0.672. The average molecular weight is 268 g/mol. The van der Waals surface area contributed by atoms with Crippen LogP contribution in [0.15, 0.2) is 24.3 Å².